The highest BCUT2D eigenvalue weighted by atomic mass is 16.9. The number of hydrazine groups is 1. The zero-order valence-corrected chi connectivity index (χ0v) is 5.47. The molecule has 0 fully saturated rings. The van der Waals surface area contributed by atoms with Gasteiger partial charge in [-0.2, -0.15) is 0 Å². The van der Waals surface area contributed by atoms with Crippen LogP contribution in [0.2, 0.25) is 0 Å². The fourth-order valence-corrected chi connectivity index (χ4v) is 0.248. The lowest BCUT2D eigenvalue weighted by atomic mass is 11.0. The van der Waals surface area contributed by atoms with Crippen LogP contribution in [0.3, 0.4) is 0 Å². The van der Waals surface area contributed by atoms with Gasteiger partial charge in [0.2, 0.25) is 0 Å². The fraction of sp³-hybridized carbons (Fsp3) is 0.500. The van der Waals surface area contributed by atoms with Crippen molar-refractivity contribution in [1.82, 2.24) is 10.5 Å². The van der Waals surface area contributed by atoms with Gasteiger partial charge >= 0.3 is 0 Å². The van der Waals surface area contributed by atoms with Crippen molar-refractivity contribution < 1.29 is 9.97 Å². The highest BCUT2D eigenvalue weighted by molar-refractivity contribution is 5.73. The molecule has 9 heteroatoms. The largest absolute Gasteiger partial charge is 0.289 e. The summed E-state index contributed by atoms with van der Waals surface area (Å²) in [6.45, 7) is 0. The number of nitrogens with zero attached hydrogens (tertiary/aromatic N) is 3. The van der Waals surface area contributed by atoms with Crippen LogP contribution in [0.4, 0.5) is 0 Å². The van der Waals surface area contributed by atoms with E-state index >= 15 is 0 Å². The molecule has 0 aromatic heterocycles. The molecule has 0 aliphatic carbocycles. The van der Waals surface area contributed by atoms with E-state index in [4.69, 9.17) is 5.41 Å². The minimum atomic E-state index is -0.965. The Morgan fingerprint density at radius 2 is 2.45 bits per heavy atom. The molecule has 0 amide bonds. The normalized spacial score (nSPS) is 8.09. The average Bonchev–Trinajstić information content (AvgIpc) is 1.86. The van der Waals surface area contributed by atoms with Gasteiger partial charge in [-0.05, 0) is 0 Å². The predicted molar refractivity (Wildman–Crippen MR) is 32.5 cm³/mol. The Labute approximate surface area is 60.4 Å². The van der Waals surface area contributed by atoms with Gasteiger partial charge in [0.05, 0.1) is 7.05 Å². The number of hydrogen-bond donors (Lipinski definition) is 2. The third kappa shape index (κ3) is 3.61. The van der Waals surface area contributed by atoms with Gasteiger partial charge in [0.15, 0.2) is 10.4 Å². The number of rotatable bonds is 3. The van der Waals surface area contributed by atoms with E-state index in [9.17, 15) is 15.0 Å². The average molecular weight is 163 g/mol. The maximum Gasteiger partial charge on any atom is 0.289 e. The van der Waals surface area contributed by atoms with Crippen LogP contribution in [-0.4, -0.2) is 23.1 Å². The molecule has 0 bridgehead atoms. The number of nitrogens with one attached hydrogen (secondary N) is 2. The second kappa shape index (κ2) is 3.98. The van der Waals surface area contributed by atoms with Gasteiger partial charge in [-0.15, -0.1) is 9.97 Å². The summed E-state index contributed by atoms with van der Waals surface area (Å²) in [5.41, 5.74) is 1.43. The van der Waals surface area contributed by atoms with Crippen molar-refractivity contribution in [3.63, 3.8) is 0 Å². The molecular formula is C2H5N5O4. The second-order valence-electron chi connectivity index (χ2n) is 1.37. The van der Waals surface area contributed by atoms with Gasteiger partial charge in [-0.3, -0.25) is 5.41 Å². The summed E-state index contributed by atoms with van der Waals surface area (Å²) in [5, 5.41) is 17.9. The van der Waals surface area contributed by atoms with Gasteiger partial charge in [0.25, 0.3) is 5.96 Å². The van der Waals surface area contributed by atoms with E-state index in [0.29, 0.717) is 5.06 Å². The first kappa shape index (κ1) is 9.07. The molecule has 0 atom stereocenters. The first-order valence-corrected chi connectivity index (χ1v) is 2.31. The van der Waals surface area contributed by atoms with Gasteiger partial charge in [-0.1, -0.05) is 5.43 Å². The minimum absolute atomic E-state index is 0.496. The van der Waals surface area contributed by atoms with Crippen LogP contribution in [0, 0.1) is 20.4 Å². The molecule has 0 aliphatic rings. The van der Waals surface area contributed by atoms with Crippen LogP contribution < -0.4 is 5.43 Å². The Morgan fingerprint density at radius 3 is 2.82 bits per heavy atom. The standard InChI is InChI=1S/C2H5N5O4/c1-6(11-5-8)2(3)4-7(9)10/h1H3,(H2,3,4). The minimum Gasteiger partial charge on any atom is -0.262 e. The van der Waals surface area contributed by atoms with Crippen molar-refractivity contribution in [2.45, 2.75) is 0 Å². The zero-order chi connectivity index (χ0) is 8.85. The molecule has 62 valence electrons. The topological polar surface area (TPSA) is 121 Å². The molecule has 0 radical (unpaired) electrons. The van der Waals surface area contributed by atoms with E-state index in [1.54, 1.807) is 0 Å². The number of guanidine groups is 1. The molecular weight excluding hydrogens is 158 g/mol. The molecule has 11 heavy (non-hydrogen) atoms. The van der Waals surface area contributed by atoms with Crippen molar-refractivity contribution in [2.75, 3.05) is 7.05 Å². The first-order valence-electron chi connectivity index (χ1n) is 2.31. The van der Waals surface area contributed by atoms with Crippen LogP contribution in [0.15, 0.2) is 5.34 Å². The van der Waals surface area contributed by atoms with Gasteiger partial charge in [-0.25, -0.2) is 15.1 Å². The Bertz CT molecular complexity index is 179. The monoisotopic (exact) mass is 163 g/mol. The van der Waals surface area contributed by atoms with Gasteiger partial charge in [0, 0.05) is 0 Å². The van der Waals surface area contributed by atoms with E-state index in [2.05, 4.69) is 4.94 Å². The maximum atomic E-state index is 9.68. The highest BCUT2D eigenvalue weighted by Gasteiger charge is 2.09. The summed E-state index contributed by atoms with van der Waals surface area (Å²) < 4.78 is 0. The van der Waals surface area contributed by atoms with E-state index in [1.807, 2.05) is 5.34 Å². The molecule has 0 saturated carbocycles. The molecule has 0 unspecified atom stereocenters. The van der Waals surface area contributed by atoms with E-state index in [1.165, 1.54) is 5.43 Å². The summed E-state index contributed by atoms with van der Waals surface area (Å²) in [5.74, 6) is -0.699. The Morgan fingerprint density at radius 1 is 1.91 bits per heavy atom. The molecule has 0 heterocycles. The summed E-state index contributed by atoms with van der Waals surface area (Å²) in [6, 6.07) is 0. The van der Waals surface area contributed by atoms with Gasteiger partial charge in [0.1, 0.15) is 0 Å². The molecule has 2 N–H and O–H groups in total. The summed E-state index contributed by atoms with van der Waals surface area (Å²) >= 11 is 0. The SMILES string of the molecule is CN(ON=O)C(=N)N[N+](=O)[O-]. The fourth-order valence-electron chi connectivity index (χ4n) is 0.248. The molecule has 0 aliphatic heterocycles. The smallest absolute Gasteiger partial charge is 0.262 e. The van der Waals surface area contributed by atoms with E-state index in [-0.39, 0.29) is 0 Å². The van der Waals surface area contributed by atoms with Gasteiger partial charge < -0.3 is 0 Å². The summed E-state index contributed by atoms with van der Waals surface area (Å²) in [7, 11) is 1.11. The molecule has 9 nitrogen and oxygen atoms in total. The van der Waals surface area contributed by atoms with E-state index in [0.717, 1.165) is 7.05 Å². The lowest BCUT2D eigenvalue weighted by molar-refractivity contribution is -0.528. The Balaban J connectivity index is 3.82. The number of nitro groups is 1. The maximum absolute atomic E-state index is 9.68. The molecule has 0 aromatic rings. The van der Waals surface area contributed by atoms with Crippen LogP contribution in [0.1, 0.15) is 0 Å². The summed E-state index contributed by atoms with van der Waals surface area (Å²) in [4.78, 5) is 22.9. The molecule has 0 rings (SSSR count). The Kier molecular flexibility index (Phi) is 3.28. The van der Waals surface area contributed by atoms with Crippen molar-refractivity contribution in [2.24, 2.45) is 5.34 Å². The van der Waals surface area contributed by atoms with Crippen LogP contribution in [-0.2, 0) is 4.94 Å². The predicted octanol–water partition coefficient (Wildman–Crippen LogP) is -0.753. The molecule has 0 aromatic carbocycles. The molecule has 0 spiro atoms. The van der Waals surface area contributed by atoms with Crippen LogP contribution in [0.5, 0.6) is 0 Å². The van der Waals surface area contributed by atoms with E-state index < -0.39 is 11.0 Å². The second-order valence-corrected chi connectivity index (χ2v) is 1.37. The van der Waals surface area contributed by atoms with Crippen molar-refractivity contribution in [1.29, 1.82) is 5.41 Å². The quantitative estimate of drug-likeness (QED) is 0.185. The van der Waals surface area contributed by atoms with Crippen molar-refractivity contribution in [3.05, 3.63) is 15.0 Å². The lowest BCUT2D eigenvalue weighted by Crippen LogP contribution is -2.40. The van der Waals surface area contributed by atoms with Crippen LogP contribution >= 0.6 is 0 Å². The summed E-state index contributed by atoms with van der Waals surface area (Å²) in [6.07, 6.45) is 0. The lowest BCUT2D eigenvalue weighted by Gasteiger charge is -2.09. The van der Waals surface area contributed by atoms with Crippen molar-refractivity contribution in [3.8, 4) is 0 Å². The number of hydrogen-bond acceptors (Lipinski definition) is 6. The third-order valence-corrected chi connectivity index (χ3v) is 0.668. The first-order chi connectivity index (χ1) is 5.07. The van der Waals surface area contributed by atoms with Crippen molar-refractivity contribution >= 4 is 5.96 Å². The molecule has 0 saturated heterocycles. The van der Waals surface area contributed by atoms with Crippen LogP contribution in [0.25, 0.3) is 0 Å². The Hall–Kier alpha value is -1.93. The zero-order valence-electron chi connectivity index (χ0n) is 5.47. The highest BCUT2D eigenvalue weighted by Crippen LogP contribution is 1.83. The number of hydroxylamine groups is 2. The third-order valence-electron chi connectivity index (χ3n) is 0.668.